The fourth-order valence-corrected chi connectivity index (χ4v) is 4.12. The van der Waals surface area contributed by atoms with Gasteiger partial charge in [0.15, 0.2) is 0 Å². The van der Waals surface area contributed by atoms with Gasteiger partial charge in [0.05, 0.1) is 11.6 Å². The van der Waals surface area contributed by atoms with Crippen LogP contribution in [0, 0.1) is 17.1 Å². The van der Waals surface area contributed by atoms with Crippen LogP contribution < -0.4 is 0 Å². The molecule has 24 heavy (non-hydrogen) atoms. The number of thioether (sulfide) groups is 1. The van der Waals surface area contributed by atoms with Crippen molar-refractivity contribution >= 4 is 17.7 Å². The molecule has 0 radical (unpaired) electrons. The van der Waals surface area contributed by atoms with Crippen LogP contribution in [0.5, 0.6) is 0 Å². The number of nitrogens with zero attached hydrogens (tertiary/aromatic N) is 2. The Morgan fingerprint density at radius 2 is 2.04 bits per heavy atom. The number of amides is 1. The van der Waals surface area contributed by atoms with Gasteiger partial charge in [-0.3, -0.25) is 4.79 Å². The highest BCUT2D eigenvalue weighted by Crippen LogP contribution is 2.35. The van der Waals surface area contributed by atoms with E-state index in [-0.39, 0.29) is 17.0 Å². The van der Waals surface area contributed by atoms with Gasteiger partial charge in [0.1, 0.15) is 5.82 Å². The van der Waals surface area contributed by atoms with Crippen LogP contribution >= 0.6 is 11.8 Å². The van der Waals surface area contributed by atoms with Crippen LogP contribution in [0.3, 0.4) is 0 Å². The Balaban J connectivity index is 1.72. The van der Waals surface area contributed by atoms with E-state index in [2.05, 4.69) is 6.07 Å². The van der Waals surface area contributed by atoms with E-state index in [0.717, 1.165) is 12.2 Å². The lowest BCUT2D eigenvalue weighted by atomic mass is 10.1. The van der Waals surface area contributed by atoms with Gasteiger partial charge < -0.3 is 4.90 Å². The molecule has 1 fully saturated rings. The average Bonchev–Trinajstić information content (AvgIpc) is 2.87. The van der Waals surface area contributed by atoms with Crippen LogP contribution in [0.4, 0.5) is 4.39 Å². The molecule has 0 bridgehead atoms. The molecule has 5 heteroatoms. The second-order valence-corrected chi connectivity index (χ2v) is 6.97. The molecule has 1 saturated heterocycles. The Morgan fingerprint density at radius 3 is 2.83 bits per heavy atom. The predicted molar refractivity (Wildman–Crippen MR) is 93.3 cm³/mol. The summed E-state index contributed by atoms with van der Waals surface area (Å²) in [4.78, 5) is 14.5. The second-order valence-electron chi connectivity index (χ2n) is 5.65. The summed E-state index contributed by atoms with van der Waals surface area (Å²) < 4.78 is 14.0. The van der Waals surface area contributed by atoms with Gasteiger partial charge in [-0.15, -0.1) is 0 Å². The highest BCUT2D eigenvalue weighted by Gasteiger charge is 2.24. The van der Waals surface area contributed by atoms with Crippen LogP contribution in [0.2, 0.25) is 0 Å². The maximum absolute atomic E-state index is 14.0. The molecule has 0 aliphatic carbocycles. The normalized spacial score (nSPS) is 17.8. The van der Waals surface area contributed by atoms with E-state index < -0.39 is 0 Å². The van der Waals surface area contributed by atoms with Crippen molar-refractivity contribution in [3.63, 3.8) is 0 Å². The number of benzene rings is 2. The van der Waals surface area contributed by atoms with Crippen molar-refractivity contribution in [3.8, 4) is 6.07 Å². The molecule has 122 valence electrons. The van der Waals surface area contributed by atoms with Crippen LogP contribution in [0.15, 0.2) is 48.5 Å². The molecule has 1 aliphatic rings. The van der Waals surface area contributed by atoms with E-state index in [9.17, 15) is 9.18 Å². The summed E-state index contributed by atoms with van der Waals surface area (Å²) >= 11 is 1.69. The summed E-state index contributed by atoms with van der Waals surface area (Å²) in [7, 11) is 0. The first kappa shape index (κ1) is 16.5. The topological polar surface area (TPSA) is 44.1 Å². The molecule has 0 aromatic heterocycles. The van der Waals surface area contributed by atoms with Crippen LogP contribution in [0.25, 0.3) is 0 Å². The van der Waals surface area contributed by atoms with Crippen molar-refractivity contribution in [1.29, 1.82) is 5.26 Å². The lowest BCUT2D eigenvalue weighted by Gasteiger charge is -2.20. The third-order valence-electron chi connectivity index (χ3n) is 4.12. The van der Waals surface area contributed by atoms with Gasteiger partial charge in [0.25, 0.3) is 5.91 Å². The smallest absolute Gasteiger partial charge is 0.253 e. The van der Waals surface area contributed by atoms with Crippen LogP contribution in [-0.4, -0.2) is 29.6 Å². The first-order valence-electron chi connectivity index (χ1n) is 7.84. The van der Waals surface area contributed by atoms with Crippen LogP contribution in [-0.2, 0) is 0 Å². The molecule has 3 nitrogen and oxygen atoms in total. The number of nitriles is 1. The molecule has 3 rings (SSSR count). The minimum absolute atomic E-state index is 0.0643. The van der Waals surface area contributed by atoms with Crippen LogP contribution in [0.1, 0.15) is 33.2 Å². The molecule has 1 atom stereocenters. The van der Waals surface area contributed by atoms with Gasteiger partial charge >= 0.3 is 0 Å². The van der Waals surface area contributed by atoms with E-state index in [4.69, 9.17) is 5.26 Å². The number of carbonyl (C=O) groups excluding carboxylic acids is 1. The Kier molecular flexibility index (Phi) is 5.17. The minimum atomic E-state index is -0.184. The Labute approximate surface area is 145 Å². The monoisotopic (exact) mass is 340 g/mol. The number of halogens is 1. The summed E-state index contributed by atoms with van der Waals surface area (Å²) in [6.07, 6.45) is 0.718. The van der Waals surface area contributed by atoms with Gasteiger partial charge in [-0.1, -0.05) is 24.3 Å². The van der Waals surface area contributed by atoms with Gasteiger partial charge in [-0.25, -0.2) is 4.39 Å². The molecule has 2 aromatic rings. The van der Waals surface area contributed by atoms with E-state index in [1.165, 1.54) is 6.07 Å². The SMILES string of the molecule is N#Cc1cccc(C(=O)N2CCS[C@@H](c3ccccc3F)CC2)c1. The highest BCUT2D eigenvalue weighted by molar-refractivity contribution is 7.99. The van der Waals surface area contributed by atoms with E-state index in [0.29, 0.717) is 29.8 Å². The van der Waals surface area contributed by atoms with Crippen molar-refractivity contribution in [2.45, 2.75) is 11.7 Å². The van der Waals surface area contributed by atoms with Gasteiger partial charge in [0.2, 0.25) is 0 Å². The van der Waals surface area contributed by atoms with E-state index >= 15 is 0 Å². The lowest BCUT2D eigenvalue weighted by molar-refractivity contribution is 0.0766. The fraction of sp³-hybridized carbons (Fsp3) is 0.263. The number of hydrogen-bond acceptors (Lipinski definition) is 3. The summed E-state index contributed by atoms with van der Waals surface area (Å²) in [6, 6.07) is 15.7. The number of carbonyl (C=O) groups is 1. The standard InChI is InChI=1S/C19H17FN2OS/c20-17-7-2-1-6-16(17)18-8-9-22(10-11-24-18)19(23)15-5-3-4-14(12-15)13-21/h1-7,12,18H,8-11H2/t18-/m1/s1. The van der Waals surface area contributed by atoms with Crippen molar-refractivity contribution in [2.75, 3.05) is 18.8 Å². The highest BCUT2D eigenvalue weighted by atomic mass is 32.2. The zero-order valence-electron chi connectivity index (χ0n) is 13.1. The third kappa shape index (κ3) is 3.60. The van der Waals surface area contributed by atoms with E-state index in [1.807, 2.05) is 12.1 Å². The Morgan fingerprint density at radius 1 is 1.21 bits per heavy atom. The quantitative estimate of drug-likeness (QED) is 0.829. The lowest BCUT2D eigenvalue weighted by Crippen LogP contribution is -2.33. The molecule has 0 saturated carbocycles. The summed E-state index contributed by atoms with van der Waals surface area (Å²) in [6.45, 7) is 1.22. The molecule has 0 unspecified atom stereocenters. The molecule has 1 heterocycles. The van der Waals surface area contributed by atoms with Gasteiger partial charge in [-0.05, 0) is 30.7 Å². The average molecular weight is 340 g/mol. The van der Waals surface area contributed by atoms with Crippen molar-refractivity contribution in [3.05, 3.63) is 71.0 Å². The summed E-state index contributed by atoms with van der Waals surface area (Å²) in [5.74, 6) is 0.515. The summed E-state index contributed by atoms with van der Waals surface area (Å²) in [5, 5.41) is 9.04. The van der Waals surface area contributed by atoms with Gasteiger partial charge in [-0.2, -0.15) is 17.0 Å². The Bertz CT molecular complexity index is 787. The van der Waals surface area contributed by atoms with Crippen molar-refractivity contribution in [1.82, 2.24) is 4.90 Å². The first-order valence-corrected chi connectivity index (χ1v) is 8.89. The predicted octanol–water partition coefficient (Wildman–Crippen LogP) is 4.02. The molecule has 0 N–H and O–H groups in total. The zero-order valence-corrected chi connectivity index (χ0v) is 13.9. The zero-order chi connectivity index (χ0) is 16.9. The van der Waals surface area contributed by atoms with E-state index in [1.54, 1.807) is 47.0 Å². The number of rotatable bonds is 2. The summed E-state index contributed by atoms with van der Waals surface area (Å²) in [5.41, 5.74) is 1.72. The molecular formula is C19H17FN2OS. The van der Waals surface area contributed by atoms with Crippen molar-refractivity contribution in [2.24, 2.45) is 0 Å². The fourth-order valence-electron chi connectivity index (χ4n) is 2.86. The minimum Gasteiger partial charge on any atom is -0.338 e. The third-order valence-corrected chi connectivity index (χ3v) is 5.43. The van der Waals surface area contributed by atoms with Gasteiger partial charge in [0, 0.05) is 35.2 Å². The molecule has 1 aliphatic heterocycles. The maximum atomic E-state index is 14.0. The second kappa shape index (κ2) is 7.50. The number of hydrogen-bond donors (Lipinski definition) is 0. The molecule has 1 amide bonds. The first-order chi connectivity index (χ1) is 11.7. The van der Waals surface area contributed by atoms with Crippen molar-refractivity contribution < 1.29 is 9.18 Å². The maximum Gasteiger partial charge on any atom is 0.253 e. The molecular weight excluding hydrogens is 323 g/mol. The molecule has 0 spiro atoms. The largest absolute Gasteiger partial charge is 0.338 e. The molecule has 2 aromatic carbocycles. The Hall–Kier alpha value is -2.32.